The maximum absolute atomic E-state index is 10.7. The van der Waals surface area contributed by atoms with Crippen molar-refractivity contribution in [3.8, 4) is 0 Å². The monoisotopic (exact) mass is 293 g/mol. The Morgan fingerprint density at radius 2 is 2.05 bits per heavy atom. The summed E-state index contributed by atoms with van der Waals surface area (Å²) in [6.45, 7) is 0.643. The Labute approximate surface area is 127 Å². The molecule has 0 bridgehead atoms. The molecule has 22 heavy (non-hydrogen) atoms. The number of aromatic amines is 1. The number of rotatable bonds is 5. The highest BCUT2D eigenvalue weighted by molar-refractivity contribution is 5.83. The molecule has 2 aromatic carbocycles. The molecule has 1 heterocycles. The number of nitrogens with one attached hydrogen (secondary N) is 1. The van der Waals surface area contributed by atoms with E-state index in [1.807, 2.05) is 30.5 Å². The van der Waals surface area contributed by atoms with Crippen LogP contribution in [-0.2, 0) is 6.42 Å². The third kappa shape index (κ3) is 3.03. The van der Waals surface area contributed by atoms with Gasteiger partial charge in [-0.2, -0.15) is 0 Å². The van der Waals surface area contributed by atoms with E-state index in [1.54, 1.807) is 12.3 Å². The predicted octanol–water partition coefficient (Wildman–Crippen LogP) is 3.74. The molecule has 0 aliphatic heterocycles. The molecule has 0 atom stereocenters. The van der Waals surface area contributed by atoms with Gasteiger partial charge in [0.1, 0.15) is 0 Å². The minimum Gasteiger partial charge on any atom is -0.361 e. The number of nitrogens with zero attached hydrogens (tertiary/aromatic N) is 2. The first kappa shape index (κ1) is 14.0. The zero-order valence-corrected chi connectivity index (χ0v) is 11.9. The number of non-ortho nitro benzene ring substituents is 1. The van der Waals surface area contributed by atoms with E-state index in [9.17, 15) is 10.1 Å². The van der Waals surface area contributed by atoms with Crippen molar-refractivity contribution >= 4 is 22.8 Å². The lowest BCUT2D eigenvalue weighted by molar-refractivity contribution is -0.384. The first-order valence-corrected chi connectivity index (χ1v) is 7.03. The summed E-state index contributed by atoms with van der Waals surface area (Å²) in [5.74, 6) is 0. The zero-order chi connectivity index (χ0) is 15.4. The highest BCUT2D eigenvalue weighted by Gasteiger charge is 2.04. The fourth-order valence-corrected chi connectivity index (χ4v) is 2.41. The number of nitro groups is 1. The predicted molar refractivity (Wildman–Crippen MR) is 87.6 cm³/mol. The molecule has 0 fully saturated rings. The second kappa shape index (κ2) is 6.22. The number of hydrogen-bond acceptors (Lipinski definition) is 3. The number of benzene rings is 2. The number of aliphatic imine (C=N–C) groups is 1. The molecule has 0 amide bonds. The normalized spacial score (nSPS) is 11.3. The van der Waals surface area contributed by atoms with Gasteiger partial charge in [-0.25, -0.2) is 0 Å². The minimum absolute atomic E-state index is 0.0839. The van der Waals surface area contributed by atoms with Gasteiger partial charge in [0, 0.05) is 42.0 Å². The summed E-state index contributed by atoms with van der Waals surface area (Å²) < 4.78 is 0. The topological polar surface area (TPSA) is 71.3 Å². The van der Waals surface area contributed by atoms with Crippen LogP contribution in [0.1, 0.15) is 11.1 Å². The average Bonchev–Trinajstić information content (AvgIpc) is 2.95. The quantitative estimate of drug-likeness (QED) is 0.442. The molecule has 0 saturated heterocycles. The van der Waals surface area contributed by atoms with Crippen LogP contribution in [0.25, 0.3) is 10.9 Å². The number of nitro benzene ring substituents is 1. The van der Waals surface area contributed by atoms with E-state index in [-0.39, 0.29) is 5.69 Å². The molecule has 0 aliphatic carbocycles. The molecule has 3 rings (SSSR count). The standard InChI is InChI=1S/C17H15N3O2/c21-20(22)15-5-3-4-13(10-15)11-18-9-8-14-12-19-17-7-2-1-6-16(14)17/h1-7,10-12,19H,8-9H2. The van der Waals surface area contributed by atoms with Crippen molar-refractivity contribution in [2.45, 2.75) is 6.42 Å². The Morgan fingerprint density at radius 3 is 2.91 bits per heavy atom. The fraction of sp³-hybridized carbons (Fsp3) is 0.118. The van der Waals surface area contributed by atoms with Crippen molar-refractivity contribution in [3.05, 3.63) is 76.0 Å². The largest absolute Gasteiger partial charge is 0.361 e. The minimum atomic E-state index is -0.400. The molecule has 5 nitrogen and oxygen atoms in total. The molecular formula is C17H15N3O2. The SMILES string of the molecule is O=[N+]([O-])c1cccc(C=NCCc2c[nH]c3ccccc23)c1. The van der Waals surface area contributed by atoms with Gasteiger partial charge in [-0.1, -0.05) is 30.3 Å². The molecule has 0 spiro atoms. The van der Waals surface area contributed by atoms with Crippen molar-refractivity contribution < 1.29 is 4.92 Å². The van der Waals surface area contributed by atoms with E-state index in [4.69, 9.17) is 0 Å². The number of para-hydroxylation sites is 1. The van der Waals surface area contributed by atoms with Crippen LogP contribution in [0.4, 0.5) is 5.69 Å². The first-order chi connectivity index (χ1) is 10.7. The number of hydrogen-bond donors (Lipinski definition) is 1. The molecule has 5 heteroatoms. The van der Waals surface area contributed by atoms with Gasteiger partial charge in [0.05, 0.1) is 4.92 Å². The zero-order valence-electron chi connectivity index (χ0n) is 11.9. The summed E-state index contributed by atoms with van der Waals surface area (Å²) in [5, 5.41) is 11.9. The summed E-state index contributed by atoms with van der Waals surface area (Å²) in [5.41, 5.74) is 3.18. The van der Waals surface area contributed by atoms with Gasteiger partial charge in [0.25, 0.3) is 5.69 Å². The van der Waals surface area contributed by atoms with Crippen LogP contribution < -0.4 is 0 Å². The third-order valence-electron chi connectivity index (χ3n) is 3.51. The van der Waals surface area contributed by atoms with E-state index >= 15 is 0 Å². The van der Waals surface area contributed by atoms with Crippen molar-refractivity contribution in [2.75, 3.05) is 6.54 Å². The van der Waals surface area contributed by atoms with Gasteiger partial charge in [-0.15, -0.1) is 0 Å². The van der Waals surface area contributed by atoms with Crippen LogP contribution in [0.3, 0.4) is 0 Å². The van der Waals surface area contributed by atoms with Gasteiger partial charge < -0.3 is 4.98 Å². The maximum atomic E-state index is 10.7. The molecule has 110 valence electrons. The number of aromatic nitrogens is 1. The summed E-state index contributed by atoms with van der Waals surface area (Å²) in [6, 6.07) is 14.6. The molecule has 1 N–H and O–H groups in total. The van der Waals surface area contributed by atoms with Crippen LogP contribution in [0.15, 0.2) is 59.7 Å². The summed E-state index contributed by atoms with van der Waals surface area (Å²) in [6.07, 6.45) is 4.52. The summed E-state index contributed by atoms with van der Waals surface area (Å²) in [4.78, 5) is 17.9. The molecule has 0 saturated carbocycles. The van der Waals surface area contributed by atoms with Crippen LogP contribution in [0, 0.1) is 10.1 Å². The van der Waals surface area contributed by atoms with Crippen molar-refractivity contribution in [1.82, 2.24) is 4.98 Å². The van der Waals surface area contributed by atoms with Gasteiger partial charge in [0.15, 0.2) is 0 Å². The molecular weight excluding hydrogens is 278 g/mol. The lowest BCUT2D eigenvalue weighted by Gasteiger charge is -1.97. The van der Waals surface area contributed by atoms with Gasteiger partial charge in [0.2, 0.25) is 0 Å². The molecule has 0 aliphatic rings. The van der Waals surface area contributed by atoms with Gasteiger partial charge >= 0.3 is 0 Å². The highest BCUT2D eigenvalue weighted by atomic mass is 16.6. The Morgan fingerprint density at radius 1 is 1.18 bits per heavy atom. The second-order valence-electron chi connectivity index (χ2n) is 5.00. The van der Waals surface area contributed by atoms with E-state index < -0.39 is 4.92 Å². The lowest BCUT2D eigenvalue weighted by Crippen LogP contribution is -1.92. The lowest BCUT2D eigenvalue weighted by atomic mass is 10.1. The Hall–Kier alpha value is -2.95. The van der Waals surface area contributed by atoms with Crippen molar-refractivity contribution in [3.63, 3.8) is 0 Å². The second-order valence-corrected chi connectivity index (χ2v) is 5.00. The van der Waals surface area contributed by atoms with Crippen molar-refractivity contribution in [2.24, 2.45) is 4.99 Å². The van der Waals surface area contributed by atoms with Crippen LogP contribution >= 0.6 is 0 Å². The first-order valence-electron chi connectivity index (χ1n) is 7.03. The number of fused-ring (bicyclic) bond motifs is 1. The Balaban J connectivity index is 1.65. The Bertz CT molecular complexity index is 837. The molecule has 0 unspecified atom stereocenters. The van der Waals surface area contributed by atoms with Crippen LogP contribution in [-0.4, -0.2) is 22.7 Å². The molecule has 0 radical (unpaired) electrons. The highest BCUT2D eigenvalue weighted by Crippen LogP contribution is 2.18. The van der Waals surface area contributed by atoms with Gasteiger partial charge in [-0.05, 0) is 23.6 Å². The average molecular weight is 293 g/mol. The smallest absolute Gasteiger partial charge is 0.270 e. The van der Waals surface area contributed by atoms with E-state index in [0.717, 1.165) is 17.5 Å². The molecule has 1 aromatic heterocycles. The van der Waals surface area contributed by atoms with Gasteiger partial charge in [-0.3, -0.25) is 15.1 Å². The third-order valence-corrected chi connectivity index (χ3v) is 3.51. The van der Waals surface area contributed by atoms with Crippen LogP contribution in [0.5, 0.6) is 0 Å². The number of H-pyrrole nitrogens is 1. The summed E-state index contributed by atoms with van der Waals surface area (Å²) in [7, 11) is 0. The molecule has 3 aromatic rings. The van der Waals surface area contributed by atoms with Crippen LogP contribution in [0.2, 0.25) is 0 Å². The van der Waals surface area contributed by atoms with Crippen molar-refractivity contribution in [1.29, 1.82) is 0 Å². The van der Waals surface area contributed by atoms with E-state index in [2.05, 4.69) is 16.0 Å². The van der Waals surface area contributed by atoms with E-state index in [0.29, 0.717) is 6.54 Å². The summed E-state index contributed by atoms with van der Waals surface area (Å²) >= 11 is 0. The fourth-order valence-electron chi connectivity index (χ4n) is 2.41. The Kier molecular flexibility index (Phi) is 3.96. The maximum Gasteiger partial charge on any atom is 0.270 e. The van der Waals surface area contributed by atoms with E-state index in [1.165, 1.54) is 23.1 Å².